The van der Waals surface area contributed by atoms with Gasteiger partial charge in [-0.05, 0) is 79.2 Å². The van der Waals surface area contributed by atoms with Gasteiger partial charge in [0.15, 0.2) is 0 Å². The molecule has 0 saturated carbocycles. The third kappa shape index (κ3) is 13.2. The molecule has 0 bridgehead atoms. The summed E-state index contributed by atoms with van der Waals surface area (Å²) >= 11 is 0. The summed E-state index contributed by atoms with van der Waals surface area (Å²) < 4.78 is 12.0. The number of amides is 1. The minimum absolute atomic E-state index is 0.0772. The van der Waals surface area contributed by atoms with Crippen LogP contribution in [0.4, 0.5) is 0 Å². The van der Waals surface area contributed by atoms with Gasteiger partial charge < -0.3 is 20.5 Å². The van der Waals surface area contributed by atoms with Crippen molar-refractivity contribution >= 4 is 5.91 Å². The van der Waals surface area contributed by atoms with Crippen molar-refractivity contribution in [2.24, 2.45) is 11.7 Å². The van der Waals surface area contributed by atoms with Crippen LogP contribution in [0.25, 0.3) is 0 Å². The summed E-state index contributed by atoms with van der Waals surface area (Å²) in [7, 11) is 0. The molecule has 0 aliphatic rings. The van der Waals surface area contributed by atoms with E-state index in [0.29, 0.717) is 25.5 Å². The van der Waals surface area contributed by atoms with Gasteiger partial charge in [-0.3, -0.25) is 4.79 Å². The lowest BCUT2D eigenvalue weighted by molar-refractivity contribution is -0.125. The fourth-order valence-corrected chi connectivity index (χ4v) is 2.77. The molecule has 0 heterocycles. The van der Waals surface area contributed by atoms with E-state index in [2.05, 4.69) is 46.9 Å². The molecule has 0 spiro atoms. The molecule has 5 heteroatoms. The van der Waals surface area contributed by atoms with Gasteiger partial charge >= 0.3 is 0 Å². The first-order chi connectivity index (χ1) is 12.3. The molecule has 1 unspecified atom stereocenters. The molecule has 3 N–H and O–H groups in total. The molecule has 0 fully saturated rings. The fraction of sp³-hybridized carbons (Fsp3) is 0.955. The topological polar surface area (TPSA) is 73.6 Å². The van der Waals surface area contributed by atoms with Gasteiger partial charge in [-0.25, -0.2) is 0 Å². The molecule has 0 aromatic carbocycles. The van der Waals surface area contributed by atoms with Crippen molar-refractivity contribution in [1.82, 2.24) is 5.32 Å². The molecule has 162 valence electrons. The van der Waals surface area contributed by atoms with Crippen LogP contribution in [-0.4, -0.2) is 42.4 Å². The first-order valence-electron chi connectivity index (χ1n) is 10.6. The van der Waals surface area contributed by atoms with Crippen molar-refractivity contribution < 1.29 is 14.3 Å². The number of carbonyl (C=O) groups excluding carboxylic acids is 1. The highest BCUT2D eigenvalue weighted by Gasteiger charge is 2.27. The Hall–Kier alpha value is -0.650. The van der Waals surface area contributed by atoms with Crippen molar-refractivity contribution in [3.8, 4) is 0 Å². The van der Waals surface area contributed by atoms with Crippen LogP contribution in [-0.2, 0) is 14.3 Å². The predicted octanol–water partition coefficient (Wildman–Crippen LogP) is 4.43. The number of nitrogens with one attached hydrogen (secondary N) is 1. The molecule has 5 nitrogen and oxygen atoms in total. The second-order valence-electron chi connectivity index (χ2n) is 9.66. The van der Waals surface area contributed by atoms with Gasteiger partial charge in [0, 0.05) is 25.2 Å². The lowest BCUT2D eigenvalue weighted by Gasteiger charge is -2.32. The Morgan fingerprint density at radius 1 is 1.00 bits per heavy atom. The summed E-state index contributed by atoms with van der Waals surface area (Å²) in [4.78, 5) is 12.4. The second-order valence-corrected chi connectivity index (χ2v) is 9.66. The molecule has 1 amide bonds. The SMILES string of the molecule is CCC(C)(CCC(=O)NC(C)(C)CCOC(C)(C)CCN)OCCC(C)C. The molecular formula is C22H46N2O3. The monoisotopic (exact) mass is 386 g/mol. The van der Waals surface area contributed by atoms with Crippen LogP contribution in [0.2, 0.25) is 0 Å². The quantitative estimate of drug-likeness (QED) is 0.437. The van der Waals surface area contributed by atoms with Gasteiger partial charge in [-0.2, -0.15) is 0 Å². The number of carbonyl (C=O) groups is 1. The van der Waals surface area contributed by atoms with Crippen molar-refractivity contribution in [1.29, 1.82) is 0 Å². The summed E-state index contributed by atoms with van der Waals surface area (Å²) in [6.07, 6.45) is 4.77. The minimum atomic E-state index is -0.295. The smallest absolute Gasteiger partial charge is 0.220 e. The second kappa shape index (κ2) is 12.0. The third-order valence-corrected chi connectivity index (χ3v) is 5.22. The molecule has 0 radical (unpaired) electrons. The minimum Gasteiger partial charge on any atom is -0.375 e. The maximum atomic E-state index is 12.4. The van der Waals surface area contributed by atoms with E-state index in [-0.39, 0.29) is 22.6 Å². The Morgan fingerprint density at radius 2 is 1.63 bits per heavy atom. The van der Waals surface area contributed by atoms with Crippen molar-refractivity contribution in [2.45, 2.75) is 111 Å². The zero-order valence-electron chi connectivity index (χ0n) is 19.2. The van der Waals surface area contributed by atoms with Crippen molar-refractivity contribution in [3.05, 3.63) is 0 Å². The average Bonchev–Trinajstić information content (AvgIpc) is 2.51. The highest BCUT2D eigenvalue weighted by Crippen LogP contribution is 2.23. The Bertz CT molecular complexity index is 422. The molecule has 0 rings (SSSR count). The van der Waals surface area contributed by atoms with Gasteiger partial charge in [-0.15, -0.1) is 0 Å². The van der Waals surface area contributed by atoms with E-state index in [9.17, 15) is 4.79 Å². The van der Waals surface area contributed by atoms with Gasteiger partial charge in [-0.1, -0.05) is 20.8 Å². The van der Waals surface area contributed by atoms with Gasteiger partial charge in [0.2, 0.25) is 5.91 Å². The molecular weight excluding hydrogens is 340 g/mol. The van der Waals surface area contributed by atoms with Gasteiger partial charge in [0.25, 0.3) is 0 Å². The number of rotatable bonds is 15. The first-order valence-corrected chi connectivity index (χ1v) is 10.6. The summed E-state index contributed by atoms with van der Waals surface area (Å²) in [5.74, 6) is 0.709. The Balaban J connectivity index is 4.32. The highest BCUT2D eigenvalue weighted by molar-refractivity contribution is 5.76. The van der Waals surface area contributed by atoms with Crippen LogP contribution >= 0.6 is 0 Å². The van der Waals surface area contributed by atoms with E-state index >= 15 is 0 Å². The van der Waals surface area contributed by atoms with Crippen molar-refractivity contribution in [2.75, 3.05) is 19.8 Å². The fourth-order valence-electron chi connectivity index (χ4n) is 2.77. The number of nitrogens with two attached hydrogens (primary N) is 1. The first kappa shape index (κ1) is 26.4. The van der Waals surface area contributed by atoms with Crippen LogP contribution in [0.15, 0.2) is 0 Å². The van der Waals surface area contributed by atoms with E-state index in [1.807, 2.05) is 13.8 Å². The molecule has 0 aromatic rings. The van der Waals surface area contributed by atoms with E-state index in [1.54, 1.807) is 0 Å². The molecule has 27 heavy (non-hydrogen) atoms. The molecule has 0 saturated heterocycles. The van der Waals surface area contributed by atoms with Crippen LogP contribution < -0.4 is 11.1 Å². The Labute approximate surface area is 168 Å². The van der Waals surface area contributed by atoms with Crippen LogP contribution in [0, 0.1) is 5.92 Å². The zero-order chi connectivity index (χ0) is 21.1. The van der Waals surface area contributed by atoms with E-state index < -0.39 is 0 Å². The summed E-state index contributed by atoms with van der Waals surface area (Å²) in [6, 6.07) is 0. The van der Waals surface area contributed by atoms with Crippen LogP contribution in [0.1, 0.15) is 93.9 Å². The Kier molecular flexibility index (Phi) is 11.7. The largest absolute Gasteiger partial charge is 0.375 e. The number of hydrogen-bond donors (Lipinski definition) is 2. The van der Waals surface area contributed by atoms with Crippen molar-refractivity contribution in [3.63, 3.8) is 0 Å². The molecule has 0 aromatic heterocycles. The molecule has 0 aliphatic carbocycles. The average molecular weight is 387 g/mol. The Morgan fingerprint density at radius 3 is 2.15 bits per heavy atom. The molecule has 1 atom stereocenters. The maximum Gasteiger partial charge on any atom is 0.220 e. The summed E-state index contributed by atoms with van der Waals surface area (Å²) in [5, 5.41) is 3.15. The standard InChI is InChI=1S/C22H46N2O3/c1-9-22(8,27-16-11-18(2)3)12-10-19(25)24-20(4,5)14-17-26-21(6,7)13-15-23/h18H,9-17,23H2,1-8H3,(H,24,25). The van der Waals surface area contributed by atoms with Gasteiger partial charge in [0.05, 0.1) is 11.2 Å². The van der Waals surface area contributed by atoms with Crippen LogP contribution in [0.3, 0.4) is 0 Å². The molecule has 0 aliphatic heterocycles. The van der Waals surface area contributed by atoms with Crippen LogP contribution in [0.5, 0.6) is 0 Å². The lowest BCUT2D eigenvalue weighted by Crippen LogP contribution is -2.45. The summed E-state index contributed by atoms with van der Waals surface area (Å²) in [5.41, 5.74) is 4.87. The predicted molar refractivity (Wildman–Crippen MR) is 114 cm³/mol. The highest BCUT2D eigenvalue weighted by atomic mass is 16.5. The maximum absolute atomic E-state index is 12.4. The van der Waals surface area contributed by atoms with E-state index in [1.165, 1.54) is 0 Å². The zero-order valence-corrected chi connectivity index (χ0v) is 19.2. The number of ether oxygens (including phenoxy) is 2. The van der Waals surface area contributed by atoms with Gasteiger partial charge in [0.1, 0.15) is 0 Å². The third-order valence-electron chi connectivity index (χ3n) is 5.22. The van der Waals surface area contributed by atoms with E-state index in [0.717, 1.165) is 38.7 Å². The van der Waals surface area contributed by atoms with E-state index in [4.69, 9.17) is 15.2 Å². The normalized spacial score (nSPS) is 15.0. The number of hydrogen-bond acceptors (Lipinski definition) is 4. The summed E-state index contributed by atoms with van der Waals surface area (Å²) in [6.45, 7) is 18.8. The lowest BCUT2D eigenvalue weighted by atomic mass is 9.95.